The highest BCUT2D eigenvalue weighted by Gasteiger charge is 2.08. The van der Waals surface area contributed by atoms with Crippen molar-refractivity contribution >= 4 is 29.0 Å². The van der Waals surface area contributed by atoms with Gasteiger partial charge in [0.15, 0.2) is 5.78 Å². The summed E-state index contributed by atoms with van der Waals surface area (Å²) in [4.78, 5) is 31.9. The average molecular weight is 346 g/mol. The number of amides is 1. The maximum Gasteiger partial charge on any atom is 0.258 e. The predicted octanol–water partition coefficient (Wildman–Crippen LogP) is 3.98. The maximum absolute atomic E-state index is 12.3. The molecule has 0 atom stereocenters. The number of benzene rings is 2. The second kappa shape index (κ2) is 7.57. The maximum atomic E-state index is 12.3. The van der Waals surface area contributed by atoms with Crippen molar-refractivity contribution < 1.29 is 9.59 Å². The molecule has 3 rings (SSSR count). The number of nitrogens with zero attached hydrogens (tertiary/aromatic N) is 2. The zero-order valence-electron chi connectivity index (χ0n) is 14.5. The molecule has 2 N–H and O–H groups in total. The van der Waals surface area contributed by atoms with E-state index < -0.39 is 0 Å². The van der Waals surface area contributed by atoms with Crippen molar-refractivity contribution in [2.45, 2.75) is 13.8 Å². The van der Waals surface area contributed by atoms with Crippen LogP contribution in [0.4, 0.5) is 17.3 Å². The number of rotatable bonds is 5. The molecule has 130 valence electrons. The van der Waals surface area contributed by atoms with Crippen molar-refractivity contribution in [1.29, 1.82) is 0 Å². The van der Waals surface area contributed by atoms with Crippen LogP contribution < -0.4 is 10.6 Å². The molecule has 3 aromatic rings. The fourth-order valence-electron chi connectivity index (χ4n) is 2.27. The number of Topliss-reactive ketones (excluding diaryl/α,β-unsaturated/α-hetero) is 1. The molecule has 26 heavy (non-hydrogen) atoms. The molecule has 0 unspecified atom stereocenters. The van der Waals surface area contributed by atoms with Crippen LogP contribution in [0.25, 0.3) is 0 Å². The highest BCUT2D eigenvalue weighted by atomic mass is 16.1. The standard InChI is InChI=1S/C20H18N4O2/c1-13-3-7-18(8-4-13)24-20-21-11-16(12-22-20)19(26)23-17-9-5-15(6-10-17)14(2)25/h3-12H,1-2H3,(H,23,26)(H,21,22,24). The summed E-state index contributed by atoms with van der Waals surface area (Å²) in [6, 6.07) is 14.6. The first-order chi connectivity index (χ1) is 12.5. The Morgan fingerprint density at radius 1 is 0.808 bits per heavy atom. The van der Waals surface area contributed by atoms with Gasteiger partial charge in [0.2, 0.25) is 5.95 Å². The number of carbonyl (C=O) groups excluding carboxylic acids is 2. The Morgan fingerprint density at radius 2 is 1.38 bits per heavy atom. The molecule has 2 aromatic carbocycles. The lowest BCUT2D eigenvalue weighted by Gasteiger charge is -2.07. The van der Waals surface area contributed by atoms with Crippen LogP contribution in [-0.4, -0.2) is 21.7 Å². The van der Waals surface area contributed by atoms with Crippen LogP contribution >= 0.6 is 0 Å². The number of nitrogens with one attached hydrogen (secondary N) is 2. The molecule has 6 heteroatoms. The third-order valence-electron chi connectivity index (χ3n) is 3.77. The Balaban J connectivity index is 1.64. The fourth-order valence-corrected chi connectivity index (χ4v) is 2.27. The van der Waals surface area contributed by atoms with Crippen LogP contribution in [0.2, 0.25) is 0 Å². The molecule has 1 amide bonds. The zero-order valence-corrected chi connectivity index (χ0v) is 14.5. The molecule has 0 aliphatic rings. The molecule has 0 saturated heterocycles. The van der Waals surface area contributed by atoms with Crippen molar-refractivity contribution in [3.05, 3.63) is 77.6 Å². The van der Waals surface area contributed by atoms with E-state index >= 15 is 0 Å². The minimum atomic E-state index is -0.317. The van der Waals surface area contributed by atoms with Crippen LogP contribution in [0.5, 0.6) is 0 Å². The second-order valence-electron chi connectivity index (χ2n) is 5.87. The Kier molecular flexibility index (Phi) is 5.03. The predicted molar refractivity (Wildman–Crippen MR) is 101 cm³/mol. The molecule has 0 aliphatic carbocycles. The van der Waals surface area contributed by atoms with E-state index in [1.165, 1.54) is 24.9 Å². The van der Waals surface area contributed by atoms with Crippen LogP contribution in [0.15, 0.2) is 60.9 Å². The van der Waals surface area contributed by atoms with Crippen LogP contribution in [0, 0.1) is 6.92 Å². The summed E-state index contributed by atoms with van der Waals surface area (Å²) in [6.45, 7) is 3.51. The van der Waals surface area contributed by atoms with Gasteiger partial charge in [-0.25, -0.2) is 9.97 Å². The van der Waals surface area contributed by atoms with Gasteiger partial charge < -0.3 is 10.6 Å². The molecular weight excluding hydrogens is 328 g/mol. The van der Waals surface area contributed by atoms with Gasteiger partial charge in [0.1, 0.15) is 0 Å². The Hall–Kier alpha value is -3.54. The van der Waals surface area contributed by atoms with Crippen LogP contribution in [0.3, 0.4) is 0 Å². The third kappa shape index (κ3) is 4.30. The molecule has 0 bridgehead atoms. The van der Waals surface area contributed by atoms with Gasteiger partial charge in [-0.1, -0.05) is 17.7 Å². The zero-order chi connectivity index (χ0) is 18.5. The highest BCUT2D eigenvalue weighted by molar-refractivity contribution is 6.04. The van der Waals surface area contributed by atoms with Crippen molar-refractivity contribution in [2.24, 2.45) is 0 Å². The Bertz CT molecular complexity index is 918. The van der Waals surface area contributed by atoms with E-state index in [1.54, 1.807) is 24.3 Å². The molecule has 0 aliphatic heterocycles. The largest absolute Gasteiger partial charge is 0.324 e. The summed E-state index contributed by atoms with van der Waals surface area (Å²) in [5.74, 6) is 0.0756. The van der Waals surface area contributed by atoms with Gasteiger partial charge >= 0.3 is 0 Å². The monoisotopic (exact) mass is 346 g/mol. The Labute approximate surface area is 151 Å². The molecule has 6 nitrogen and oxygen atoms in total. The minimum Gasteiger partial charge on any atom is -0.324 e. The van der Waals surface area contributed by atoms with Gasteiger partial charge in [-0.2, -0.15) is 0 Å². The van der Waals surface area contributed by atoms with Crippen molar-refractivity contribution in [3.63, 3.8) is 0 Å². The average Bonchev–Trinajstić information content (AvgIpc) is 2.64. The van der Waals surface area contributed by atoms with E-state index in [1.807, 2.05) is 31.2 Å². The number of hydrogen-bond acceptors (Lipinski definition) is 5. The minimum absolute atomic E-state index is 0.0204. The summed E-state index contributed by atoms with van der Waals surface area (Å²) < 4.78 is 0. The number of aryl methyl sites for hydroxylation is 1. The van der Waals surface area contributed by atoms with Gasteiger partial charge in [0.05, 0.1) is 5.56 Å². The van der Waals surface area contributed by atoms with Gasteiger partial charge in [-0.3, -0.25) is 9.59 Å². The van der Waals surface area contributed by atoms with Crippen molar-refractivity contribution in [2.75, 3.05) is 10.6 Å². The van der Waals surface area contributed by atoms with E-state index in [-0.39, 0.29) is 11.7 Å². The summed E-state index contributed by atoms with van der Waals surface area (Å²) >= 11 is 0. The quantitative estimate of drug-likeness (QED) is 0.683. The Morgan fingerprint density at radius 3 is 1.96 bits per heavy atom. The van der Waals surface area contributed by atoms with Crippen molar-refractivity contribution in [3.8, 4) is 0 Å². The van der Waals surface area contributed by atoms with Crippen molar-refractivity contribution in [1.82, 2.24) is 9.97 Å². The van der Waals surface area contributed by atoms with Crippen LogP contribution in [0.1, 0.15) is 33.2 Å². The molecule has 0 fully saturated rings. The normalized spacial score (nSPS) is 10.2. The molecule has 1 aromatic heterocycles. The van der Waals surface area contributed by atoms with Gasteiger partial charge in [-0.05, 0) is 50.2 Å². The number of hydrogen-bond donors (Lipinski definition) is 2. The van der Waals surface area contributed by atoms with E-state index in [0.29, 0.717) is 22.8 Å². The topological polar surface area (TPSA) is 84.0 Å². The third-order valence-corrected chi connectivity index (χ3v) is 3.77. The second-order valence-corrected chi connectivity index (χ2v) is 5.87. The number of aromatic nitrogens is 2. The van der Waals surface area contributed by atoms with Gasteiger partial charge in [0.25, 0.3) is 5.91 Å². The first-order valence-corrected chi connectivity index (χ1v) is 8.09. The first kappa shape index (κ1) is 17.3. The van der Waals surface area contributed by atoms with E-state index in [4.69, 9.17) is 0 Å². The number of anilines is 3. The summed E-state index contributed by atoms with van der Waals surface area (Å²) in [6.07, 6.45) is 2.92. The lowest BCUT2D eigenvalue weighted by Crippen LogP contribution is -2.13. The number of ketones is 1. The van der Waals surface area contributed by atoms with Gasteiger partial charge in [-0.15, -0.1) is 0 Å². The summed E-state index contributed by atoms with van der Waals surface area (Å²) in [5.41, 5.74) is 3.58. The molecule has 1 heterocycles. The lowest BCUT2D eigenvalue weighted by molar-refractivity contribution is 0.101. The smallest absolute Gasteiger partial charge is 0.258 e. The van der Waals surface area contributed by atoms with Crippen LogP contribution in [-0.2, 0) is 0 Å². The lowest BCUT2D eigenvalue weighted by atomic mass is 10.1. The fraction of sp³-hybridized carbons (Fsp3) is 0.100. The van der Waals surface area contributed by atoms with E-state index in [2.05, 4.69) is 20.6 Å². The molecule has 0 saturated carbocycles. The van der Waals surface area contributed by atoms with E-state index in [0.717, 1.165) is 5.69 Å². The SMILES string of the molecule is CC(=O)c1ccc(NC(=O)c2cnc(Nc3ccc(C)cc3)nc2)cc1. The van der Waals surface area contributed by atoms with Gasteiger partial charge in [0, 0.05) is 29.3 Å². The highest BCUT2D eigenvalue weighted by Crippen LogP contribution is 2.14. The van der Waals surface area contributed by atoms with E-state index in [9.17, 15) is 9.59 Å². The first-order valence-electron chi connectivity index (χ1n) is 8.09. The number of carbonyl (C=O) groups is 2. The molecule has 0 radical (unpaired) electrons. The summed E-state index contributed by atoms with van der Waals surface area (Å²) in [5, 5.41) is 5.83. The summed E-state index contributed by atoms with van der Waals surface area (Å²) in [7, 11) is 0. The molecular formula is C20H18N4O2. The molecule has 0 spiro atoms.